The Balaban J connectivity index is 1.50. The first-order valence-electron chi connectivity index (χ1n) is 10.8. The monoisotopic (exact) mass is 384 g/mol. The molecule has 3 fully saturated rings. The van der Waals surface area contributed by atoms with Crippen molar-refractivity contribution < 1.29 is 9.59 Å². The van der Waals surface area contributed by atoms with E-state index in [1.165, 1.54) is 6.42 Å². The van der Waals surface area contributed by atoms with E-state index in [1.54, 1.807) is 6.20 Å². The zero-order chi connectivity index (χ0) is 19.7. The highest BCUT2D eigenvalue weighted by Gasteiger charge is 2.44. The summed E-state index contributed by atoms with van der Waals surface area (Å²) in [7, 11) is 0. The molecule has 0 radical (unpaired) electrons. The highest BCUT2D eigenvalue weighted by atomic mass is 16.2. The fraction of sp³-hybridized carbons (Fsp3) is 0.682. The lowest BCUT2D eigenvalue weighted by Crippen LogP contribution is -2.60. The van der Waals surface area contributed by atoms with Crippen molar-refractivity contribution in [2.24, 2.45) is 17.8 Å². The van der Waals surface area contributed by atoms with Crippen LogP contribution in [0.2, 0.25) is 0 Å². The lowest BCUT2D eigenvalue weighted by molar-refractivity contribution is -0.142. The minimum absolute atomic E-state index is 0.0334. The molecule has 3 aliphatic rings. The van der Waals surface area contributed by atoms with Gasteiger partial charge in [0, 0.05) is 44.8 Å². The van der Waals surface area contributed by atoms with Gasteiger partial charge in [-0.25, -0.2) is 4.98 Å². The van der Waals surface area contributed by atoms with E-state index in [-0.39, 0.29) is 5.91 Å². The molecule has 3 aliphatic heterocycles. The third-order valence-corrected chi connectivity index (χ3v) is 6.52. The first kappa shape index (κ1) is 19.2. The summed E-state index contributed by atoms with van der Waals surface area (Å²) in [5.41, 5.74) is 0.669. The van der Waals surface area contributed by atoms with Crippen LogP contribution in [0, 0.1) is 17.8 Å². The molecule has 4 heterocycles. The third-order valence-electron chi connectivity index (χ3n) is 6.52. The lowest BCUT2D eigenvalue weighted by Gasteiger charge is -2.52. The number of pyridine rings is 1. The predicted octanol–water partition coefficient (Wildman–Crippen LogP) is 2.69. The summed E-state index contributed by atoms with van der Waals surface area (Å²) in [5, 5.41) is 3.05. The second-order valence-corrected chi connectivity index (χ2v) is 9.09. The number of hydrogen-bond acceptors (Lipinski definition) is 4. The van der Waals surface area contributed by atoms with Crippen LogP contribution in [0.1, 0.15) is 56.3 Å². The van der Waals surface area contributed by atoms with E-state index in [1.807, 2.05) is 12.1 Å². The van der Waals surface area contributed by atoms with Gasteiger partial charge in [-0.1, -0.05) is 13.8 Å². The Morgan fingerprint density at radius 1 is 1.32 bits per heavy atom. The van der Waals surface area contributed by atoms with Gasteiger partial charge in [-0.05, 0) is 55.6 Å². The smallest absolute Gasteiger partial charge is 0.255 e. The Labute approximate surface area is 167 Å². The van der Waals surface area contributed by atoms with Crippen molar-refractivity contribution in [3.8, 4) is 0 Å². The molecule has 0 aromatic carbocycles. The normalized spacial score (nSPS) is 27.0. The molecule has 1 aromatic heterocycles. The number of anilines is 1. The average Bonchev–Trinajstić information content (AvgIpc) is 2.68. The highest BCUT2D eigenvalue weighted by Crippen LogP contribution is 2.39. The quantitative estimate of drug-likeness (QED) is 0.848. The van der Waals surface area contributed by atoms with Crippen LogP contribution < -0.4 is 10.2 Å². The van der Waals surface area contributed by atoms with Crippen LogP contribution in [0.4, 0.5) is 5.82 Å². The molecule has 1 aromatic rings. The Morgan fingerprint density at radius 3 is 3.00 bits per heavy atom. The third kappa shape index (κ3) is 3.87. The van der Waals surface area contributed by atoms with E-state index in [0.717, 1.165) is 44.7 Å². The van der Waals surface area contributed by atoms with E-state index in [0.29, 0.717) is 48.2 Å². The number of rotatable bonds is 5. The van der Waals surface area contributed by atoms with Gasteiger partial charge in [0.2, 0.25) is 5.91 Å². The van der Waals surface area contributed by atoms with Crippen molar-refractivity contribution in [1.82, 2.24) is 15.2 Å². The van der Waals surface area contributed by atoms with Crippen molar-refractivity contribution in [2.45, 2.75) is 52.0 Å². The van der Waals surface area contributed by atoms with Gasteiger partial charge >= 0.3 is 0 Å². The van der Waals surface area contributed by atoms with E-state index in [4.69, 9.17) is 0 Å². The molecule has 0 aliphatic carbocycles. The molecule has 3 saturated heterocycles. The molecule has 2 bridgehead atoms. The first-order valence-corrected chi connectivity index (χ1v) is 10.8. The van der Waals surface area contributed by atoms with Crippen LogP contribution in [0.15, 0.2) is 18.3 Å². The fourth-order valence-corrected chi connectivity index (χ4v) is 5.18. The molecular formula is C22H32N4O2. The van der Waals surface area contributed by atoms with Gasteiger partial charge in [-0.2, -0.15) is 0 Å². The zero-order valence-corrected chi connectivity index (χ0v) is 17.1. The molecule has 152 valence electrons. The molecular weight excluding hydrogens is 352 g/mol. The standard InChI is InChI=1S/C22H32N4O2/c1-15(2)8-10-24-22(28)18-5-4-9-23-21(18)25-12-16-11-17(14-25)19-6-3-7-20(27)26(19)13-16/h4-5,9,15-17,19H,3,6-8,10-14H2,1-2H3,(H,24,28)/t16-,17-,19-/m1/s1. The number of nitrogens with one attached hydrogen (secondary N) is 1. The largest absolute Gasteiger partial charge is 0.355 e. The van der Waals surface area contributed by atoms with E-state index in [9.17, 15) is 9.59 Å². The van der Waals surface area contributed by atoms with Gasteiger partial charge in [0.15, 0.2) is 0 Å². The Kier molecular flexibility index (Phi) is 5.56. The molecule has 1 N–H and O–H groups in total. The molecule has 28 heavy (non-hydrogen) atoms. The van der Waals surface area contributed by atoms with Gasteiger partial charge in [0.05, 0.1) is 5.56 Å². The fourth-order valence-electron chi connectivity index (χ4n) is 5.18. The second-order valence-electron chi connectivity index (χ2n) is 9.09. The summed E-state index contributed by atoms with van der Waals surface area (Å²) in [6, 6.07) is 4.09. The molecule has 2 amide bonds. The first-order chi connectivity index (χ1) is 13.5. The summed E-state index contributed by atoms with van der Waals surface area (Å²) in [5.74, 6) is 2.62. The van der Waals surface area contributed by atoms with Gasteiger partial charge in [0.25, 0.3) is 5.91 Å². The van der Waals surface area contributed by atoms with Crippen LogP contribution >= 0.6 is 0 Å². The van der Waals surface area contributed by atoms with Crippen LogP contribution in [0.3, 0.4) is 0 Å². The minimum Gasteiger partial charge on any atom is -0.355 e. The summed E-state index contributed by atoms with van der Waals surface area (Å²) in [6.45, 7) is 7.62. The number of amides is 2. The molecule has 0 unspecified atom stereocenters. The van der Waals surface area contributed by atoms with Gasteiger partial charge < -0.3 is 15.1 Å². The SMILES string of the molecule is CC(C)CCNC(=O)c1cccnc1N1C[C@H]2C[C@H](C1)[C@H]1CCCC(=O)N1C2. The maximum atomic E-state index is 12.8. The van der Waals surface area contributed by atoms with E-state index >= 15 is 0 Å². The molecule has 3 atom stereocenters. The van der Waals surface area contributed by atoms with Crippen molar-refractivity contribution in [1.29, 1.82) is 0 Å². The lowest BCUT2D eigenvalue weighted by atomic mass is 9.76. The number of aromatic nitrogens is 1. The summed E-state index contributed by atoms with van der Waals surface area (Å²) in [6.07, 6.45) is 6.77. The molecule has 6 nitrogen and oxygen atoms in total. The van der Waals surface area contributed by atoms with Crippen molar-refractivity contribution in [3.05, 3.63) is 23.9 Å². The summed E-state index contributed by atoms with van der Waals surface area (Å²) >= 11 is 0. The van der Waals surface area contributed by atoms with Crippen LogP contribution in [0.5, 0.6) is 0 Å². The summed E-state index contributed by atoms with van der Waals surface area (Å²) < 4.78 is 0. The average molecular weight is 385 g/mol. The Hall–Kier alpha value is -2.11. The Bertz CT molecular complexity index is 735. The molecule has 0 spiro atoms. The van der Waals surface area contributed by atoms with Crippen molar-refractivity contribution in [3.63, 3.8) is 0 Å². The van der Waals surface area contributed by atoms with Gasteiger partial charge in [0.1, 0.15) is 5.82 Å². The summed E-state index contributed by atoms with van der Waals surface area (Å²) in [4.78, 5) is 34.2. The Morgan fingerprint density at radius 2 is 2.18 bits per heavy atom. The topological polar surface area (TPSA) is 65.5 Å². The van der Waals surface area contributed by atoms with Crippen LogP contribution in [-0.4, -0.2) is 53.9 Å². The maximum Gasteiger partial charge on any atom is 0.255 e. The van der Waals surface area contributed by atoms with Crippen molar-refractivity contribution >= 4 is 17.6 Å². The van der Waals surface area contributed by atoms with Gasteiger partial charge in [-0.15, -0.1) is 0 Å². The van der Waals surface area contributed by atoms with Gasteiger partial charge in [-0.3, -0.25) is 9.59 Å². The van der Waals surface area contributed by atoms with Crippen molar-refractivity contribution in [2.75, 3.05) is 31.1 Å². The van der Waals surface area contributed by atoms with Crippen LogP contribution in [-0.2, 0) is 4.79 Å². The maximum absolute atomic E-state index is 12.8. The molecule has 6 heteroatoms. The number of carbonyl (C=O) groups is 2. The molecule has 4 rings (SSSR count). The number of carbonyl (C=O) groups excluding carboxylic acids is 2. The van der Waals surface area contributed by atoms with E-state index in [2.05, 4.69) is 33.9 Å². The zero-order valence-electron chi connectivity index (χ0n) is 17.1. The van der Waals surface area contributed by atoms with E-state index < -0.39 is 0 Å². The predicted molar refractivity (Wildman–Crippen MR) is 109 cm³/mol. The highest BCUT2D eigenvalue weighted by molar-refractivity contribution is 5.98. The number of piperidine rings is 3. The second kappa shape index (κ2) is 8.10. The number of fused-ring (bicyclic) bond motifs is 4. The number of nitrogens with zero attached hydrogens (tertiary/aromatic N) is 3. The minimum atomic E-state index is -0.0334. The number of hydrogen-bond donors (Lipinski definition) is 1. The van der Waals surface area contributed by atoms with Crippen LogP contribution in [0.25, 0.3) is 0 Å². The molecule has 0 saturated carbocycles.